The Bertz CT molecular complexity index is 2670. The summed E-state index contributed by atoms with van der Waals surface area (Å²) >= 11 is 0. The van der Waals surface area contributed by atoms with E-state index < -0.39 is 103 Å². The van der Waals surface area contributed by atoms with Crippen LogP contribution in [-0.2, 0) is 56.3 Å². The van der Waals surface area contributed by atoms with Crippen LogP contribution in [0.25, 0.3) is 22.3 Å². The Kier molecular flexibility index (Phi) is 12.0. The summed E-state index contributed by atoms with van der Waals surface area (Å²) in [6, 6.07) is 0. The minimum Gasteiger partial charge on any atom is -0.387 e. The summed E-state index contributed by atoms with van der Waals surface area (Å²) < 4.78 is 68.5. The number of aliphatic hydroxyl groups excluding tert-OH is 4. The van der Waals surface area contributed by atoms with E-state index in [9.17, 15) is 58.4 Å². The van der Waals surface area contributed by atoms with Gasteiger partial charge < -0.3 is 56.0 Å². The van der Waals surface area contributed by atoms with E-state index in [1.807, 2.05) is 0 Å². The number of aromatic amines is 2. The third-order valence-corrected chi connectivity index (χ3v) is 13.3. The maximum atomic E-state index is 12.8. The highest BCUT2D eigenvalue weighted by Gasteiger charge is 2.48. The summed E-state index contributed by atoms with van der Waals surface area (Å²) in [6.07, 6.45) is -9.43. The molecule has 34 heteroatoms. The predicted molar refractivity (Wildman–Crippen MR) is 195 cm³/mol. The summed E-state index contributed by atoms with van der Waals surface area (Å²) in [7, 11) is -13.4. The van der Waals surface area contributed by atoms with Gasteiger partial charge in [-0.1, -0.05) is 10.2 Å². The summed E-state index contributed by atoms with van der Waals surface area (Å²) in [6.45, 7) is -2.06. The number of nitrogen functional groups attached to an aromatic ring is 2. The Morgan fingerprint density at radius 2 is 1.60 bits per heavy atom. The Balaban J connectivity index is 0.867. The lowest BCUT2D eigenvalue weighted by Gasteiger charge is -2.19. The Labute approximate surface area is 332 Å². The highest BCUT2D eigenvalue weighted by molar-refractivity contribution is 7.63. The highest BCUT2D eigenvalue weighted by Crippen LogP contribution is 2.61. The lowest BCUT2D eigenvalue weighted by atomic mass is 10.1. The average molecular weight is 912 g/mol. The molecule has 7 heterocycles. The summed E-state index contributed by atoms with van der Waals surface area (Å²) in [4.78, 5) is 71.8. The fraction of sp³-hybridized carbons (Fsp3) is 0.538. The molecule has 60 heavy (non-hydrogen) atoms. The zero-order valence-electron chi connectivity index (χ0n) is 30.6. The number of hydrogen-bond acceptors (Lipinski definition) is 21. The lowest BCUT2D eigenvalue weighted by molar-refractivity contribution is -0.745. The Morgan fingerprint density at radius 1 is 0.933 bits per heavy atom. The van der Waals surface area contributed by atoms with Crippen molar-refractivity contribution < 1.29 is 76.2 Å². The third kappa shape index (κ3) is 9.11. The van der Waals surface area contributed by atoms with E-state index in [4.69, 9.17) is 30.0 Å². The molecule has 0 aliphatic carbocycles. The second kappa shape index (κ2) is 16.5. The normalized spacial score (nSPS) is 27.7. The molecule has 5 aromatic rings. The van der Waals surface area contributed by atoms with E-state index >= 15 is 0 Å². The number of aryl methyl sites for hydroxylation is 1. The number of rotatable bonds is 16. The highest BCUT2D eigenvalue weighted by atomic mass is 31.3. The van der Waals surface area contributed by atoms with Crippen molar-refractivity contribution in [2.24, 2.45) is 7.05 Å². The van der Waals surface area contributed by atoms with Crippen molar-refractivity contribution >= 4 is 57.4 Å². The van der Waals surface area contributed by atoms with Crippen molar-refractivity contribution in [3.05, 3.63) is 45.3 Å². The van der Waals surface area contributed by atoms with Crippen LogP contribution in [0.5, 0.6) is 0 Å². The van der Waals surface area contributed by atoms with E-state index in [0.717, 1.165) is 21.8 Å². The molecule has 2 saturated heterocycles. The van der Waals surface area contributed by atoms with Gasteiger partial charge in [0.15, 0.2) is 23.7 Å². The van der Waals surface area contributed by atoms with Gasteiger partial charge in [-0.3, -0.25) is 47.0 Å². The molecule has 0 aromatic carbocycles. The van der Waals surface area contributed by atoms with E-state index in [2.05, 4.69) is 44.6 Å². The maximum Gasteiger partial charge on any atom is 0.479 e. The van der Waals surface area contributed by atoms with E-state index in [1.54, 1.807) is 0 Å². The minimum absolute atomic E-state index is 0.0380. The molecule has 7 rings (SSSR count). The number of nitrogens with two attached hydrogens (primary N) is 2. The number of aliphatic hydroxyl groups is 4. The van der Waals surface area contributed by atoms with Crippen LogP contribution in [0.15, 0.2) is 28.4 Å². The SMILES string of the molecule is Cn1c[n+]([C@@H]2O[C@H](COP(=O)(O)NCCn3cc(CP(=O)(O)OP(=O)(O)OC[C@H]4O[C@@H](n5cnc6c(=O)[nH]c(N)nc65)[C@@H](O)C4O)nn3)[C@H](O)C2O)c2nc(N)[nH]c(=O)c21. The van der Waals surface area contributed by atoms with Crippen LogP contribution in [0, 0.1) is 0 Å². The van der Waals surface area contributed by atoms with Crippen LogP contribution in [0.3, 0.4) is 0 Å². The number of imidazole rings is 2. The van der Waals surface area contributed by atoms with E-state index in [-0.39, 0.29) is 53.0 Å². The number of hydrogen-bond donors (Lipinski definition) is 12. The zero-order chi connectivity index (χ0) is 43.5. The molecule has 0 amide bonds. The van der Waals surface area contributed by atoms with Crippen LogP contribution < -0.4 is 32.2 Å². The first kappa shape index (κ1) is 43.7. The standard InChI is InChI=1S/C26H37N14O17P3/c1-37-9-40(20-14(37)22(46)34-26(28)32-20)24-18(44)15(41)11(56-24)5-53-59(49,50)30-2-3-38-4-10(35-36-38)7-58(47,48)57-60(51,52)54-6-12-16(42)17(43)23(55-12)39-8-29-13-19(39)31-25(27)33-21(13)45/h4,8-9,11-12,15-18,23-24,41-44H,2-3,5-7H2,1H3,(H9-,27,28,30,31,32,33,34,45,46,47,48,49,50,51,52)/p+1/t11-,12-,15+,16?,17+,18?,23-,24-/m1/s1. The molecule has 0 saturated carbocycles. The summed E-state index contributed by atoms with van der Waals surface area (Å²) in [5, 5.41) is 52.0. The van der Waals surface area contributed by atoms with Gasteiger partial charge in [-0.15, -0.1) is 5.10 Å². The van der Waals surface area contributed by atoms with Gasteiger partial charge in [0.1, 0.15) is 36.6 Å². The predicted octanol–water partition coefficient (Wildman–Crippen LogP) is -5.10. The van der Waals surface area contributed by atoms with E-state index in [0.29, 0.717) is 0 Å². The molecule has 5 aromatic heterocycles. The molecule has 2 aliphatic rings. The van der Waals surface area contributed by atoms with Gasteiger partial charge in [-0.05, 0) is 0 Å². The van der Waals surface area contributed by atoms with Gasteiger partial charge >= 0.3 is 28.8 Å². The Hall–Kier alpha value is -4.39. The number of nitrogens with zero attached hydrogens (tertiary/aromatic N) is 9. The fourth-order valence-electron chi connectivity index (χ4n) is 6.41. The summed E-state index contributed by atoms with van der Waals surface area (Å²) in [5.74, 6) is -0.483. The number of nitrogens with one attached hydrogen (secondary N) is 3. The van der Waals surface area contributed by atoms with Crippen LogP contribution in [0.2, 0.25) is 0 Å². The topological polar surface area (TPSA) is 452 Å². The molecule has 2 fully saturated rings. The van der Waals surface area contributed by atoms with Crippen LogP contribution in [0.4, 0.5) is 11.9 Å². The molecule has 5 unspecified atom stereocenters. The van der Waals surface area contributed by atoms with Crippen molar-refractivity contribution in [1.82, 2.24) is 54.1 Å². The van der Waals surface area contributed by atoms with Crippen molar-refractivity contribution in [3.63, 3.8) is 0 Å². The van der Waals surface area contributed by atoms with Gasteiger partial charge in [-0.25, -0.2) is 28.1 Å². The third-order valence-electron chi connectivity index (χ3n) is 9.11. The first-order valence-corrected chi connectivity index (χ1v) is 22.1. The maximum absolute atomic E-state index is 12.8. The number of aromatic nitrogens is 11. The minimum atomic E-state index is -5.34. The molecule has 328 valence electrons. The van der Waals surface area contributed by atoms with Crippen LogP contribution in [-0.4, -0.2) is 141 Å². The molecule has 0 spiro atoms. The number of phosphoric acid groups is 1. The first-order chi connectivity index (χ1) is 28.1. The lowest BCUT2D eigenvalue weighted by Crippen LogP contribution is -2.46. The van der Waals surface area contributed by atoms with Crippen molar-refractivity contribution in [1.29, 1.82) is 0 Å². The van der Waals surface area contributed by atoms with Gasteiger partial charge in [0.2, 0.25) is 17.7 Å². The Morgan fingerprint density at radius 3 is 2.35 bits per heavy atom. The number of ether oxygens (including phenoxy) is 2. The monoisotopic (exact) mass is 911 g/mol. The molecule has 14 N–H and O–H groups in total. The van der Waals surface area contributed by atoms with Gasteiger partial charge in [0, 0.05) is 12.7 Å². The van der Waals surface area contributed by atoms with Gasteiger partial charge in [0.25, 0.3) is 17.1 Å². The largest absolute Gasteiger partial charge is 0.479 e. The fourth-order valence-corrected chi connectivity index (χ4v) is 9.83. The molecule has 2 aliphatic heterocycles. The van der Waals surface area contributed by atoms with Gasteiger partial charge in [-0.2, -0.15) is 4.98 Å². The number of H-pyrrole nitrogens is 2. The first-order valence-electron chi connectivity index (χ1n) is 17.3. The number of fused-ring (bicyclic) bond motifs is 2. The van der Waals surface area contributed by atoms with Crippen molar-refractivity contribution in [2.75, 3.05) is 31.2 Å². The second-order valence-corrected chi connectivity index (χ2v) is 18.5. The van der Waals surface area contributed by atoms with E-state index in [1.165, 1.54) is 22.5 Å². The number of phosphoric ester groups is 1. The second-order valence-electron chi connectivity index (χ2n) is 13.5. The zero-order valence-corrected chi connectivity index (χ0v) is 33.3. The quantitative estimate of drug-likeness (QED) is 0.0325. The molecular weight excluding hydrogens is 873 g/mol. The van der Waals surface area contributed by atoms with Crippen molar-refractivity contribution in [3.8, 4) is 0 Å². The van der Waals surface area contributed by atoms with Gasteiger partial charge in [0.05, 0.1) is 45.0 Å². The molecule has 11 atom stereocenters. The average Bonchev–Trinajstić information content (AvgIpc) is 3.95. The smallest absolute Gasteiger partial charge is 0.387 e. The van der Waals surface area contributed by atoms with Crippen LogP contribution >= 0.6 is 23.2 Å². The number of anilines is 2. The molecular formula is C26H38N14O17P3+. The van der Waals surface area contributed by atoms with Crippen LogP contribution in [0.1, 0.15) is 18.1 Å². The molecule has 0 radical (unpaired) electrons. The summed E-state index contributed by atoms with van der Waals surface area (Å²) in [5.41, 5.74) is 9.65. The van der Waals surface area contributed by atoms with Crippen molar-refractivity contribution in [2.45, 2.75) is 61.8 Å². The molecule has 31 nitrogen and oxygen atoms in total. The molecule has 0 bridgehead atoms.